The molecular formula is C17H23NO3. The fourth-order valence-electron chi connectivity index (χ4n) is 2.93. The molecule has 0 atom stereocenters. The van der Waals surface area contributed by atoms with Crippen LogP contribution in [0.15, 0.2) is 24.3 Å². The Balaban J connectivity index is 1.87. The van der Waals surface area contributed by atoms with Gasteiger partial charge in [0.25, 0.3) is 5.91 Å². The number of benzene rings is 1. The Morgan fingerprint density at radius 3 is 2.24 bits per heavy atom. The van der Waals surface area contributed by atoms with Crippen LogP contribution in [-0.4, -0.2) is 35.5 Å². The second kappa shape index (κ2) is 7.25. The highest BCUT2D eigenvalue weighted by atomic mass is 16.4. The normalized spacial score (nSPS) is 15.7. The van der Waals surface area contributed by atoms with Crippen molar-refractivity contribution in [2.45, 2.75) is 38.5 Å². The van der Waals surface area contributed by atoms with E-state index in [0.29, 0.717) is 5.56 Å². The average Bonchev–Trinajstić information content (AvgIpc) is 2.53. The van der Waals surface area contributed by atoms with Crippen molar-refractivity contribution in [3.05, 3.63) is 35.4 Å². The molecule has 0 spiro atoms. The number of hydrogen-bond acceptors (Lipinski definition) is 2. The molecular weight excluding hydrogens is 266 g/mol. The van der Waals surface area contributed by atoms with Crippen molar-refractivity contribution in [3.8, 4) is 0 Å². The van der Waals surface area contributed by atoms with E-state index in [9.17, 15) is 9.59 Å². The van der Waals surface area contributed by atoms with Gasteiger partial charge in [-0.2, -0.15) is 0 Å². The van der Waals surface area contributed by atoms with Gasteiger partial charge in [0, 0.05) is 19.2 Å². The van der Waals surface area contributed by atoms with Crippen LogP contribution in [0.25, 0.3) is 0 Å². The number of amides is 1. The van der Waals surface area contributed by atoms with E-state index < -0.39 is 5.97 Å². The van der Waals surface area contributed by atoms with Crippen molar-refractivity contribution >= 4 is 11.9 Å². The summed E-state index contributed by atoms with van der Waals surface area (Å²) in [6, 6.07) is 6.13. The van der Waals surface area contributed by atoms with Crippen molar-refractivity contribution in [2.75, 3.05) is 13.6 Å². The highest BCUT2D eigenvalue weighted by Gasteiger charge is 2.17. The zero-order valence-electron chi connectivity index (χ0n) is 12.5. The van der Waals surface area contributed by atoms with Gasteiger partial charge in [-0.05, 0) is 36.6 Å². The van der Waals surface area contributed by atoms with Crippen LogP contribution in [0.5, 0.6) is 0 Å². The van der Waals surface area contributed by atoms with Gasteiger partial charge in [-0.3, -0.25) is 4.79 Å². The van der Waals surface area contributed by atoms with Gasteiger partial charge in [0.05, 0.1) is 5.56 Å². The second-order valence-electron chi connectivity index (χ2n) is 5.90. The van der Waals surface area contributed by atoms with Crippen molar-refractivity contribution in [1.29, 1.82) is 0 Å². The molecule has 4 heteroatoms. The first-order valence-corrected chi connectivity index (χ1v) is 7.67. The molecule has 1 aromatic rings. The number of hydrogen-bond donors (Lipinski definition) is 1. The lowest BCUT2D eigenvalue weighted by Gasteiger charge is -2.24. The van der Waals surface area contributed by atoms with Gasteiger partial charge < -0.3 is 10.0 Å². The zero-order valence-corrected chi connectivity index (χ0v) is 12.5. The lowest BCUT2D eigenvalue weighted by Crippen LogP contribution is -2.29. The molecule has 114 valence electrons. The molecule has 0 aliphatic heterocycles. The van der Waals surface area contributed by atoms with Crippen LogP contribution in [0, 0.1) is 5.92 Å². The number of nitrogens with zero attached hydrogens (tertiary/aromatic N) is 1. The maximum absolute atomic E-state index is 12.3. The summed E-state index contributed by atoms with van der Waals surface area (Å²) in [4.78, 5) is 24.8. The molecule has 1 saturated carbocycles. The van der Waals surface area contributed by atoms with E-state index in [2.05, 4.69) is 0 Å². The van der Waals surface area contributed by atoms with Crippen molar-refractivity contribution in [2.24, 2.45) is 5.92 Å². The Morgan fingerprint density at radius 1 is 1.10 bits per heavy atom. The van der Waals surface area contributed by atoms with Crippen LogP contribution in [0.4, 0.5) is 0 Å². The first kappa shape index (κ1) is 15.5. The molecule has 0 heterocycles. The SMILES string of the molecule is CN(CCC1CCCCC1)C(=O)c1ccc(C(=O)O)cc1. The molecule has 0 saturated heterocycles. The molecule has 1 fully saturated rings. The summed E-state index contributed by atoms with van der Waals surface area (Å²) in [5.41, 5.74) is 0.752. The number of carbonyl (C=O) groups is 2. The van der Waals surface area contributed by atoms with E-state index in [1.807, 2.05) is 7.05 Å². The van der Waals surface area contributed by atoms with E-state index in [0.717, 1.165) is 18.9 Å². The summed E-state index contributed by atoms with van der Waals surface area (Å²) in [6.07, 6.45) is 7.62. The third-order valence-electron chi connectivity index (χ3n) is 4.32. The van der Waals surface area contributed by atoms with E-state index in [4.69, 9.17) is 5.11 Å². The summed E-state index contributed by atoms with van der Waals surface area (Å²) in [5, 5.41) is 8.86. The molecule has 2 rings (SSSR count). The lowest BCUT2D eigenvalue weighted by atomic mass is 9.87. The molecule has 0 radical (unpaired) electrons. The lowest BCUT2D eigenvalue weighted by molar-refractivity contribution is 0.0695. The van der Waals surface area contributed by atoms with Crippen LogP contribution in [0.2, 0.25) is 0 Å². The second-order valence-corrected chi connectivity index (χ2v) is 5.90. The van der Waals surface area contributed by atoms with Crippen LogP contribution in [0.1, 0.15) is 59.2 Å². The van der Waals surface area contributed by atoms with Crippen molar-refractivity contribution in [1.82, 2.24) is 4.90 Å². The van der Waals surface area contributed by atoms with Gasteiger partial charge in [-0.1, -0.05) is 32.1 Å². The first-order chi connectivity index (χ1) is 10.1. The summed E-state index contributed by atoms with van der Waals surface area (Å²) < 4.78 is 0. The molecule has 1 aliphatic rings. The number of carboxylic acids is 1. The van der Waals surface area contributed by atoms with Gasteiger partial charge in [0.15, 0.2) is 0 Å². The predicted molar refractivity (Wildman–Crippen MR) is 81.6 cm³/mol. The van der Waals surface area contributed by atoms with E-state index >= 15 is 0 Å². The Hall–Kier alpha value is -1.84. The summed E-state index contributed by atoms with van der Waals surface area (Å²) in [7, 11) is 1.82. The van der Waals surface area contributed by atoms with Gasteiger partial charge in [0.2, 0.25) is 0 Å². The van der Waals surface area contributed by atoms with Gasteiger partial charge in [0.1, 0.15) is 0 Å². The fraction of sp³-hybridized carbons (Fsp3) is 0.529. The van der Waals surface area contributed by atoms with Gasteiger partial charge >= 0.3 is 5.97 Å². The summed E-state index contributed by atoms with van der Waals surface area (Å²) in [5.74, 6) is -0.259. The number of carbonyl (C=O) groups excluding carboxylic acids is 1. The Morgan fingerprint density at radius 2 is 1.67 bits per heavy atom. The zero-order chi connectivity index (χ0) is 15.2. The number of rotatable bonds is 5. The third kappa shape index (κ3) is 4.31. The smallest absolute Gasteiger partial charge is 0.335 e. The standard InChI is InChI=1S/C17H23NO3/c1-18(12-11-13-5-3-2-4-6-13)16(19)14-7-9-15(10-8-14)17(20)21/h7-10,13H,2-6,11-12H2,1H3,(H,20,21). The van der Waals surface area contributed by atoms with Crippen molar-refractivity contribution < 1.29 is 14.7 Å². The Kier molecular flexibility index (Phi) is 5.37. The largest absolute Gasteiger partial charge is 0.478 e. The molecule has 21 heavy (non-hydrogen) atoms. The summed E-state index contributed by atoms with van der Waals surface area (Å²) in [6.45, 7) is 0.768. The predicted octanol–water partition coefficient (Wildman–Crippen LogP) is 3.43. The minimum atomic E-state index is -0.973. The molecule has 1 amide bonds. The van der Waals surface area contributed by atoms with Gasteiger partial charge in [-0.25, -0.2) is 4.79 Å². The molecule has 1 N–H and O–H groups in total. The molecule has 1 aliphatic carbocycles. The highest BCUT2D eigenvalue weighted by molar-refractivity contribution is 5.95. The quantitative estimate of drug-likeness (QED) is 0.903. The first-order valence-electron chi connectivity index (χ1n) is 7.67. The van der Waals surface area contributed by atoms with Crippen LogP contribution < -0.4 is 0 Å². The molecule has 4 nitrogen and oxygen atoms in total. The minimum absolute atomic E-state index is 0.0391. The fourth-order valence-corrected chi connectivity index (χ4v) is 2.93. The minimum Gasteiger partial charge on any atom is -0.478 e. The van der Waals surface area contributed by atoms with Crippen LogP contribution in [0.3, 0.4) is 0 Å². The molecule has 1 aromatic carbocycles. The van der Waals surface area contributed by atoms with Crippen LogP contribution >= 0.6 is 0 Å². The van der Waals surface area contributed by atoms with Crippen molar-refractivity contribution in [3.63, 3.8) is 0 Å². The van der Waals surface area contributed by atoms with E-state index in [1.54, 1.807) is 17.0 Å². The monoisotopic (exact) mass is 289 g/mol. The third-order valence-corrected chi connectivity index (χ3v) is 4.32. The highest BCUT2D eigenvalue weighted by Crippen LogP contribution is 2.26. The molecule has 0 unspecified atom stereocenters. The van der Waals surface area contributed by atoms with Gasteiger partial charge in [-0.15, -0.1) is 0 Å². The van der Waals surface area contributed by atoms with E-state index in [-0.39, 0.29) is 11.5 Å². The maximum Gasteiger partial charge on any atom is 0.335 e. The van der Waals surface area contributed by atoms with E-state index in [1.165, 1.54) is 44.2 Å². The Bertz CT molecular complexity index is 489. The maximum atomic E-state index is 12.3. The van der Waals surface area contributed by atoms with Crippen LogP contribution in [-0.2, 0) is 0 Å². The number of carboxylic acid groups (broad SMARTS) is 1. The summed E-state index contributed by atoms with van der Waals surface area (Å²) >= 11 is 0. The topological polar surface area (TPSA) is 57.6 Å². The molecule has 0 aromatic heterocycles. The average molecular weight is 289 g/mol. The molecule has 0 bridgehead atoms. The Labute approximate surface area is 125 Å². The number of aromatic carboxylic acids is 1.